The minimum atomic E-state index is -0.430. The largest absolute Gasteiger partial charge is 0.455 e. The number of furan rings is 1. The zero-order valence-electron chi connectivity index (χ0n) is 42.3. The molecule has 0 unspecified atom stereocenters. The summed E-state index contributed by atoms with van der Waals surface area (Å²) >= 11 is 0. The Bertz CT molecular complexity index is 4440. The van der Waals surface area contributed by atoms with Crippen LogP contribution in [0.3, 0.4) is 0 Å². The van der Waals surface area contributed by atoms with Gasteiger partial charge in [0, 0.05) is 32.8 Å². The zero-order chi connectivity index (χ0) is 50.5. The maximum atomic E-state index is 6.51. The fourth-order valence-electron chi connectivity index (χ4n) is 13.1. The lowest BCUT2D eigenvalue weighted by Crippen LogP contribution is -2.25. The Balaban J connectivity index is 0.881. The molecule has 0 amide bonds. The molecular weight excluding hydrogens is 921 g/mol. The van der Waals surface area contributed by atoms with Crippen molar-refractivity contribution in [1.82, 2.24) is 9.97 Å². The Hall–Kier alpha value is -9.44. The molecule has 0 atom stereocenters. The van der Waals surface area contributed by atoms with Crippen molar-refractivity contribution in [1.29, 1.82) is 0 Å². The third kappa shape index (κ3) is 6.55. The van der Waals surface area contributed by atoms with Crippen LogP contribution < -0.4 is 0 Å². The van der Waals surface area contributed by atoms with Crippen molar-refractivity contribution in [3.8, 4) is 89.4 Å². The smallest absolute Gasteiger partial charge is 0.160 e. The molecule has 0 saturated heterocycles. The number of rotatable bonds is 8. The van der Waals surface area contributed by atoms with Crippen molar-refractivity contribution in [2.45, 2.75) is 32.1 Å². The van der Waals surface area contributed by atoms with Gasteiger partial charge in [0.2, 0.25) is 0 Å². The predicted molar refractivity (Wildman–Crippen MR) is 314 cm³/mol. The minimum Gasteiger partial charge on any atom is -0.455 e. The Morgan fingerprint density at radius 3 is 1.67 bits per heavy atom. The van der Waals surface area contributed by atoms with Crippen molar-refractivity contribution in [3.63, 3.8) is 0 Å². The first-order valence-electron chi connectivity index (χ1n) is 26.6. The van der Waals surface area contributed by atoms with E-state index < -0.39 is 5.41 Å². The summed E-state index contributed by atoms with van der Waals surface area (Å²) in [5, 5.41) is 3.23. The molecule has 0 aliphatic heterocycles. The number of para-hydroxylation sites is 2. The average molecular weight is 971 g/mol. The van der Waals surface area contributed by atoms with Gasteiger partial charge >= 0.3 is 0 Å². The molecule has 0 radical (unpaired) electrons. The fourth-order valence-corrected chi connectivity index (χ4v) is 13.1. The molecule has 13 aromatic rings. The first kappa shape index (κ1) is 44.1. The molecule has 76 heavy (non-hydrogen) atoms. The van der Waals surface area contributed by atoms with Crippen LogP contribution in [-0.4, -0.2) is 9.97 Å². The van der Waals surface area contributed by atoms with E-state index in [4.69, 9.17) is 14.4 Å². The van der Waals surface area contributed by atoms with E-state index in [1.54, 1.807) is 0 Å². The summed E-state index contributed by atoms with van der Waals surface area (Å²) in [5.41, 5.74) is 27.7. The van der Waals surface area contributed by atoms with E-state index in [1.165, 1.54) is 83.5 Å². The maximum Gasteiger partial charge on any atom is 0.160 e. The van der Waals surface area contributed by atoms with Gasteiger partial charge in [-0.2, -0.15) is 0 Å². The number of fused-ring (bicyclic) bond motifs is 14. The SMILES string of the molecule is CCCc1ccccc1-c1cccc(-c2ccc(-c3nc(-c4ccc(-c5cccc6c5oc5ccccc56)cc4)c4cc(-c5cccc6c5-c5ccccc5C65c6ccccc6-c6ccccc65)ccc4n3)cc2)c1C. The van der Waals surface area contributed by atoms with Crippen molar-refractivity contribution >= 4 is 32.8 Å². The van der Waals surface area contributed by atoms with Crippen LogP contribution in [0.5, 0.6) is 0 Å². The van der Waals surface area contributed by atoms with E-state index in [9.17, 15) is 0 Å². The Kier molecular flexibility index (Phi) is 10.1. The molecule has 3 heteroatoms. The summed E-state index contributed by atoms with van der Waals surface area (Å²) in [6, 6.07) is 88.7. The summed E-state index contributed by atoms with van der Waals surface area (Å²) in [5.74, 6) is 0.687. The van der Waals surface area contributed by atoms with E-state index in [0.717, 1.165) is 79.2 Å². The second kappa shape index (κ2) is 17.3. The molecule has 0 N–H and O–H groups in total. The normalized spacial score (nSPS) is 12.8. The van der Waals surface area contributed by atoms with Gasteiger partial charge < -0.3 is 4.42 Å². The van der Waals surface area contributed by atoms with Crippen molar-refractivity contribution in [3.05, 3.63) is 276 Å². The first-order chi connectivity index (χ1) is 37.6. The summed E-state index contributed by atoms with van der Waals surface area (Å²) in [6.07, 6.45) is 2.17. The van der Waals surface area contributed by atoms with E-state index in [1.807, 2.05) is 12.1 Å². The summed E-state index contributed by atoms with van der Waals surface area (Å²) in [6.45, 7) is 4.50. The third-order valence-corrected chi connectivity index (χ3v) is 16.5. The number of benzene rings is 11. The monoisotopic (exact) mass is 970 g/mol. The number of aromatic nitrogens is 2. The van der Waals surface area contributed by atoms with Gasteiger partial charge in [0.25, 0.3) is 0 Å². The molecule has 0 saturated carbocycles. The molecule has 1 spiro atoms. The van der Waals surface area contributed by atoms with Crippen LogP contribution in [0.4, 0.5) is 0 Å². The van der Waals surface area contributed by atoms with E-state index in [-0.39, 0.29) is 0 Å². The number of nitrogens with zero attached hydrogens (tertiary/aromatic N) is 2. The molecule has 15 rings (SSSR count). The lowest BCUT2D eigenvalue weighted by molar-refractivity contribution is 0.670. The van der Waals surface area contributed by atoms with Gasteiger partial charge in [-0.1, -0.05) is 238 Å². The zero-order valence-corrected chi connectivity index (χ0v) is 42.3. The fraction of sp³-hybridized carbons (Fsp3) is 0.0685. The molecule has 2 heterocycles. The lowest BCUT2D eigenvalue weighted by atomic mass is 9.70. The summed E-state index contributed by atoms with van der Waals surface area (Å²) in [7, 11) is 0. The predicted octanol–water partition coefficient (Wildman–Crippen LogP) is 19.1. The maximum absolute atomic E-state index is 6.51. The highest BCUT2D eigenvalue weighted by Gasteiger charge is 2.52. The number of hydrogen-bond acceptors (Lipinski definition) is 3. The lowest BCUT2D eigenvalue weighted by Gasteiger charge is -2.30. The van der Waals surface area contributed by atoms with E-state index in [0.29, 0.717) is 5.82 Å². The van der Waals surface area contributed by atoms with Gasteiger partial charge in [0.05, 0.1) is 16.6 Å². The average Bonchev–Trinajstić information content (AvgIpc) is 4.19. The second-order valence-corrected chi connectivity index (χ2v) is 20.6. The molecule has 0 fully saturated rings. The van der Waals surface area contributed by atoms with Crippen LogP contribution in [0.2, 0.25) is 0 Å². The molecule has 358 valence electrons. The van der Waals surface area contributed by atoms with Crippen molar-refractivity contribution in [2.24, 2.45) is 0 Å². The Labute approximate surface area is 442 Å². The number of hydrogen-bond donors (Lipinski definition) is 0. The second-order valence-electron chi connectivity index (χ2n) is 20.6. The molecule has 2 aliphatic rings. The Morgan fingerprint density at radius 2 is 0.908 bits per heavy atom. The quantitative estimate of drug-likeness (QED) is 0.152. The standard InChI is InChI=1S/C73H50N2O/c1-3-17-46-18-4-5-19-54(46)53-25-14-24-52(45(53)2)47-36-40-50(41-37-47)72-74-67-43-42-51(44-62(67)70(75-72)49-38-34-48(35-39-49)56-27-15-28-60-59-22-9-13-33-68(59)76-71(56)60)55-26-16-32-66-69(55)61-23-8-12-31-65(61)73(66)63-29-10-6-20-57(63)58-21-7-11-30-64(58)73/h4-16,18-44H,3,17H2,1-2H3. The van der Waals surface area contributed by atoms with Gasteiger partial charge in [0.1, 0.15) is 11.2 Å². The van der Waals surface area contributed by atoms with Gasteiger partial charge in [-0.15, -0.1) is 0 Å². The van der Waals surface area contributed by atoms with Crippen LogP contribution in [0.25, 0.3) is 122 Å². The summed E-state index contributed by atoms with van der Waals surface area (Å²) < 4.78 is 6.51. The molecular formula is C73H50N2O. The molecule has 3 nitrogen and oxygen atoms in total. The topological polar surface area (TPSA) is 38.9 Å². The van der Waals surface area contributed by atoms with Gasteiger partial charge in [0.15, 0.2) is 5.82 Å². The van der Waals surface area contributed by atoms with E-state index in [2.05, 4.69) is 244 Å². The Morgan fingerprint density at radius 1 is 0.382 bits per heavy atom. The van der Waals surface area contributed by atoms with Crippen molar-refractivity contribution < 1.29 is 4.42 Å². The first-order valence-corrected chi connectivity index (χ1v) is 26.6. The molecule has 11 aromatic carbocycles. The van der Waals surface area contributed by atoms with Crippen molar-refractivity contribution in [2.75, 3.05) is 0 Å². The third-order valence-electron chi connectivity index (χ3n) is 16.5. The van der Waals surface area contributed by atoms with Crippen LogP contribution >= 0.6 is 0 Å². The van der Waals surface area contributed by atoms with Crippen LogP contribution in [0.1, 0.15) is 46.7 Å². The molecule has 2 aliphatic carbocycles. The van der Waals surface area contributed by atoms with Crippen LogP contribution in [0.15, 0.2) is 247 Å². The van der Waals surface area contributed by atoms with Crippen LogP contribution in [-0.2, 0) is 11.8 Å². The minimum absolute atomic E-state index is 0.430. The molecule has 2 aromatic heterocycles. The van der Waals surface area contributed by atoms with E-state index >= 15 is 0 Å². The molecule has 0 bridgehead atoms. The van der Waals surface area contributed by atoms with Gasteiger partial charge in [-0.3, -0.25) is 0 Å². The highest BCUT2D eigenvalue weighted by molar-refractivity contribution is 6.10. The van der Waals surface area contributed by atoms with Gasteiger partial charge in [-0.25, -0.2) is 9.97 Å². The summed E-state index contributed by atoms with van der Waals surface area (Å²) in [4.78, 5) is 10.9. The number of aryl methyl sites for hydroxylation is 1. The van der Waals surface area contributed by atoms with Gasteiger partial charge in [-0.05, 0) is 126 Å². The highest BCUT2D eigenvalue weighted by Crippen LogP contribution is 2.64. The van der Waals surface area contributed by atoms with Crippen LogP contribution in [0, 0.1) is 6.92 Å². The highest BCUT2D eigenvalue weighted by atomic mass is 16.3.